The summed E-state index contributed by atoms with van der Waals surface area (Å²) < 4.78 is 0. The van der Waals surface area contributed by atoms with Crippen LogP contribution in [0.3, 0.4) is 0 Å². The molecule has 1 aliphatic rings. The summed E-state index contributed by atoms with van der Waals surface area (Å²) in [7, 11) is 0. The number of likely N-dealkylation sites (tertiary alicyclic amines) is 1. The molecule has 3 aromatic heterocycles. The molecule has 1 amide bonds. The number of hydrogen-bond acceptors (Lipinski definition) is 7. The summed E-state index contributed by atoms with van der Waals surface area (Å²) >= 11 is 0. The van der Waals surface area contributed by atoms with Crippen molar-refractivity contribution < 1.29 is 4.79 Å². The highest BCUT2D eigenvalue weighted by atomic mass is 16.1. The Labute approximate surface area is 182 Å². The average molecular weight is 418 g/mol. The lowest BCUT2D eigenvalue weighted by Gasteiger charge is -2.32. The molecule has 1 fully saturated rings. The summed E-state index contributed by atoms with van der Waals surface area (Å²) in [6, 6.07) is 5.89. The van der Waals surface area contributed by atoms with Crippen molar-refractivity contribution in [3.8, 4) is 0 Å². The van der Waals surface area contributed by atoms with Crippen LogP contribution in [0.1, 0.15) is 51.9 Å². The van der Waals surface area contributed by atoms with Gasteiger partial charge in [-0.1, -0.05) is 6.07 Å². The maximum Gasteiger partial charge on any atom is 0.255 e. The van der Waals surface area contributed by atoms with Crippen molar-refractivity contribution in [2.45, 2.75) is 38.6 Å². The van der Waals surface area contributed by atoms with Crippen molar-refractivity contribution in [2.75, 3.05) is 19.6 Å². The molecule has 8 heteroatoms. The van der Waals surface area contributed by atoms with E-state index in [9.17, 15) is 4.79 Å². The summed E-state index contributed by atoms with van der Waals surface area (Å²) in [5.74, 6) is 0.796. The van der Waals surface area contributed by atoms with Crippen LogP contribution in [-0.4, -0.2) is 55.4 Å². The van der Waals surface area contributed by atoms with Crippen LogP contribution in [0.25, 0.3) is 0 Å². The number of nitrogens with zero attached hydrogens (tertiary/aromatic N) is 6. The zero-order valence-corrected chi connectivity index (χ0v) is 17.7. The molecule has 0 bridgehead atoms. The fourth-order valence-corrected chi connectivity index (χ4v) is 3.93. The zero-order valence-electron chi connectivity index (χ0n) is 17.7. The molecule has 0 aliphatic carbocycles. The highest BCUT2D eigenvalue weighted by Crippen LogP contribution is 2.29. The molecule has 0 spiro atoms. The van der Waals surface area contributed by atoms with Crippen LogP contribution in [0, 0.1) is 6.92 Å². The lowest BCUT2D eigenvalue weighted by molar-refractivity contribution is 0.0947. The summed E-state index contributed by atoms with van der Waals surface area (Å²) in [5, 5.41) is 2.94. The second kappa shape index (κ2) is 10.2. The monoisotopic (exact) mass is 417 g/mol. The van der Waals surface area contributed by atoms with Gasteiger partial charge in [0, 0.05) is 37.3 Å². The number of aromatic nitrogens is 5. The minimum atomic E-state index is -0.160. The minimum absolute atomic E-state index is 0.160. The SMILES string of the molecule is Cc1ncc(C(=O)NCc2ccncn2)c(C2CCN(CCc3cccnc3)CC2)n1. The molecular formula is C23H27N7O. The van der Waals surface area contributed by atoms with E-state index in [1.165, 1.54) is 11.9 Å². The molecule has 1 aliphatic heterocycles. The van der Waals surface area contributed by atoms with Crippen molar-refractivity contribution in [1.29, 1.82) is 0 Å². The molecule has 1 N–H and O–H groups in total. The molecule has 0 radical (unpaired) electrons. The lowest BCUT2D eigenvalue weighted by atomic mass is 9.90. The fourth-order valence-electron chi connectivity index (χ4n) is 3.93. The van der Waals surface area contributed by atoms with Crippen LogP contribution in [0.4, 0.5) is 0 Å². The third-order valence-electron chi connectivity index (χ3n) is 5.67. The van der Waals surface area contributed by atoms with E-state index in [1.54, 1.807) is 24.7 Å². The number of aryl methyl sites for hydroxylation is 1. The predicted octanol–water partition coefficient (Wildman–Crippen LogP) is 2.32. The Kier molecular flexibility index (Phi) is 6.89. The molecule has 0 saturated carbocycles. The molecule has 0 unspecified atom stereocenters. The van der Waals surface area contributed by atoms with E-state index < -0.39 is 0 Å². The highest BCUT2D eigenvalue weighted by Gasteiger charge is 2.26. The van der Waals surface area contributed by atoms with Crippen LogP contribution in [0.2, 0.25) is 0 Å². The van der Waals surface area contributed by atoms with Gasteiger partial charge in [0.2, 0.25) is 0 Å². The summed E-state index contributed by atoms with van der Waals surface area (Å²) in [4.78, 5) is 36.5. The molecule has 0 aromatic carbocycles. The molecule has 160 valence electrons. The molecule has 4 rings (SSSR count). The topological polar surface area (TPSA) is 96.8 Å². The normalized spacial score (nSPS) is 15.0. The number of nitrogens with one attached hydrogen (secondary N) is 1. The van der Waals surface area contributed by atoms with Gasteiger partial charge >= 0.3 is 0 Å². The largest absolute Gasteiger partial charge is 0.346 e. The summed E-state index contributed by atoms with van der Waals surface area (Å²) in [5.41, 5.74) is 3.45. The van der Waals surface area contributed by atoms with E-state index in [0.717, 1.165) is 50.3 Å². The number of pyridine rings is 1. The summed E-state index contributed by atoms with van der Waals surface area (Å²) in [6.07, 6.45) is 11.5. The van der Waals surface area contributed by atoms with Gasteiger partial charge in [-0.15, -0.1) is 0 Å². The van der Waals surface area contributed by atoms with Gasteiger partial charge in [0.1, 0.15) is 12.2 Å². The molecule has 1 saturated heterocycles. The van der Waals surface area contributed by atoms with Gasteiger partial charge in [-0.3, -0.25) is 9.78 Å². The Morgan fingerprint density at radius 3 is 2.74 bits per heavy atom. The standard InChI is InChI=1S/C23H27N7O/c1-17-26-15-21(23(31)27-14-20-4-9-25-16-28-20)22(29-17)19-6-11-30(12-7-19)10-5-18-3-2-8-24-13-18/h2-4,8-9,13,15-16,19H,5-7,10-12,14H2,1H3,(H,27,31). The Hall–Kier alpha value is -3.26. The van der Waals surface area contributed by atoms with E-state index >= 15 is 0 Å². The number of carbonyl (C=O) groups is 1. The van der Waals surface area contributed by atoms with Gasteiger partial charge in [-0.05, 0) is 57.0 Å². The molecular weight excluding hydrogens is 390 g/mol. The van der Waals surface area contributed by atoms with Crippen LogP contribution in [-0.2, 0) is 13.0 Å². The second-order valence-corrected chi connectivity index (χ2v) is 7.83. The first kappa shape index (κ1) is 21.0. The van der Waals surface area contributed by atoms with Gasteiger partial charge in [-0.2, -0.15) is 0 Å². The summed E-state index contributed by atoms with van der Waals surface area (Å²) in [6.45, 7) is 5.23. The van der Waals surface area contributed by atoms with Crippen molar-refractivity contribution in [3.05, 3.63) is 77.7 Å². The van der Waals surface area contributed by atoms with Crippen LogP contribution >= 0.6 is 0 Å². The minimum Gasteiger partial charge on any atom is -0.346 e. The average Bonchev–Trinajstić information content (AvgIpc) is 2.83. The Morgan fingerprint density at radius 2 is 2.00 bits per heavy atom. The van der Waals surface area contributed by atoms with Crippen molar-refractivity contribution in [2.24, 2.45) is 0 Å². The number of rotatable bonds is 7. The zero-order chi connectivity index (χ0) is 21.5. The van der Waals surface area contributed by atoms with Crippen LogP contribution in [0.5, 0.6) is 0 Å². The lowest BCUT2D eigenvalue weighted by Crippen LogP contribution is -2.35. The predicted molar refractivity (Wildman–Crippen MR) is 116 cm³/mol. The molecule has 8 nitrogen and oxygen atoms in total. The van der Waals surface area contributed by atoms with E-state index in [1.807, 2.05) is 19.2 Å². The highest BCUT2D eigenvalue weighted by molar-refractivity contribution is 5.95. The fraction of sp³-hybridized carbons (Fsp3) is 0.391. The molecule has 31 heavy (non-hydrogen) atoms. The first-order chi connectivity index (χ1) is 15.2. The van der Waals surface area contributed by atoms with Crippen molar-refractivity contribution in [3.63, 3.8) is 0 Å². The third-order valence-corrected chi connectivity index (χ3v) is 5.67. The van der Waals surface area contributed by atoms with Gasteiger partial charge < -0.3 is 10.2 Å². The smallest absolute Gasteiger partial charge is 0.255 e. The van der Waals surface area contributed by atoms with Gasteiger partial charge in [0.05, 0.1) is 23.5 Å². The number of amides is 1. The second-order valence-electron chi connectivity index (χ2n) is 7.83. The maximum absolute atomic E-state index is 12.9. The van der Waals surface area contributed by atoms with Gasteiger partial charge in [0.25, 0.3) is 5.91 Å². The number of carbonyl (C=O) groups excluding carboxylic acids is 1. The van der Waals surface area contributed by atoms with Crippen molar-refractivity contribution in [1.82, 2.24) is 35.1 Å². The van der Waals surface area contributed by atoms with Crippen molar-refractivity contribution >= 4 is 5.91 Å². The number of piperidine rings is 1. The van der Waals surface area contributed by atoms with E-state index in [4.69, 9.17) is 0 Å². The Morgan fingerprint density at radius 1 is 1.13 bits per heavy atom. The first-order valence-electron chi connectivity index (χ1n) is 10.7. The Bertz CT molecular complexity index is 989. The molecule has 0 atom stereocenters. The van der Waals surface area contributed by atoms with Crippen LogP contribution in [0.15, 0.2) is 49.3 Å². The Balaban J connectivity index is 1.37. The quantitative estimate of drug-likeness (QED) is 0.630. The van der Waals surface area contributed by atoms with Gasteiger partial charge in [0.15, 0.2) is 0 Å². The molecule has 4 heterocycles. The third kappa shape index (κ3) is 5.67. The first-order valence-corrected chi connectivity index (χ1v) is 10.7. The maximum atomic E-state index is 12.9. The number of hydrogen-bond donors (Lipinski definition) is 1. The van der Waals surface area contributed by atoms with E-state index in [0.29, 0.717) is 17.9 Å². The van der Waals surface area contributed by atoms with E-state index in [2.05, 4.69) is 41.2 Å². The van der Waals surface area contributed by atoms with E-state index in [-0.39, 0.29) is 11.8 Å². The van der Waals surface area contributed by atoms with Gasteiger partial charge in [-0.25, -0.2) is 19.9 Å². The molecule has 3 aromatic rings. The van der Waals surface area contributed by atoms with Crippen LogP contribution < -0.4 is 5.32 Å².